The predicted octanol–water partition coefficient (Wildman–Crippen LogP) is 3.09. The minimum absolute atomic E-state index is 0.0119. The molecule has 1 aromatic heterocycles. The van der Waals surface area contributed by atoms with Crippen molar-refractivity contribution >= 4 is 0 Å². The zero-order chi connectivity index (χ0) is 14.8. The maximum atomic E-state index is 12.8. The quantitative estimate of drug-likeness (QED) is 0.927. The van der Waals surface area contributed by atoms with Crippen molar-refractivity contribution in [3.63, 3.8) is 0 Å². The first-order chi connectivity index (χ1) is 9.43. The monoisotopic (exact) mass is 291 g/mol. The topological polar surface area (TPSA) is 50.9 Å². The number of aryl methyl sites for hydroxylation is 1. The summed E-state index contributed by atoms with van der Waals surface area (Å²) in [4.78, 5) is 0. The van der Waals surface area contributed by atoms with Crippen LogP contribution in [-0.4, -0.2) is 26.3 Å². The molecule has 1 heterocycles. The molecule has 4 nitrogen and oxygen atoms in total. The fourth-order valence-corrected chi connectivity index (χ4v) is 2.93. The number of aromatic nitrogens is 3. The Balaban J connectivity index is 2.08. The van der Waals surface area contributed by atoms with Gasteiger partial charge < -0.3 is 5.11 Å². The molecule has 0 aromatic carbocycles. The highest BCUT2D eigenvalue weighted by Gasteiger charge is 2.43. The molecular weight excluding hydrogens is 271 g/mol. The molecule has 1 saturated carbocycles. The van der Waals surface area contributed by atoms with Crippen LogP contribution in [0.1, 0.15) is 50.8 Å². The van der Waals surface area contributed by atoms with Crippen molar-refractivity contribution in [3.8, 4) is 0 Å². The lowest BCUT2D eigenvalue weighted by molar-refractivity contribution is -0.189. The molecular formula is C13H20F3N3O. The van der Waals surface area contributed by atoms with Gasteiger partial charge in [-0.25, -0.2) is 4.68 Å². The normalized spacial score (nSPS) is 25.6. The van der Waals surface area contributed by atoms with Gasteiger partial charge in [0, 0.05) is 6.54 Å². The van der Waals surface area contributed by atoms with Gasteiger partial charge in [-0.1, -0.05) is 18.6 Å². The van der Waals surface area contributed by atoms with Gasteiger partial charge >= 0.3 is 6.18 Å². The van der Waals surface area contributed by atoms with Crippen LogP contribution >= 0.6 is 0 Å². The molecule has 0 amide bonds. The smallest absolute Gasteiger partial charge is 0.386 e. The van der Waals surface area contributed by atoms with E-state index >= 15 is 0 Å². The van der Waals surface area contributed by atoms with E-state index < -0.39 is 18.2 Å². The molecule has 0 radical (unpaired) electrons. The van der Waals surface area contributed by atoms with E-state index in [1.165, 1.54) is 6.20 Å². The van der Waals surface area contributed by atoms with Gasteiger partial charge in [-0.15, -0.1) is 5.10 Å². The molecule has 1 aromatic rings. The summed E-state index contributed by atoms with van der Waals surface area (Å²) in [6.07, 6.45) is -1.52. The number of hydrogen-bond acceptors (Lipinski definition) is 3. The molecule has 7 heteroatoms. The fourth-order valence-electron chi connectivity index (χ4n) is 2.93. The largest absolute Gasteiger partial charge is 0.391 e. The van der Waals surface area contributed by atoms with Crippen molar-refractivity contribution in [2.24, 2.45) is 11.8 Å². The molecule has 114 valence electrons. The van der Waals surface area contributed by atoms with Crippen LogP contribution in [0.5, 0.6) is 0 Å². The molecule has 0 saturated heterocycles. The van der Waals surface area contributed by atoms with E-state index in [0.29, 0.717) is 25.1 Å². The Bertz CT molecular complexity index is 433. The molecule has 1 fully saturated rings. The molecule has 0 spiro atoms. The van der Waals surface area contributed by atoms with Crippen molar-refractivity contribution in [2.45, 2.75) is 57.9 Å². The molecule has 0 bridgehead atoms. The van der Waals surface area contributed by atoms with E-state index in [1.54, 1.807) is 4.68 Å². The third-order valence-corrected chi connectivity index (χ3v) is 4.01. The number of hydrogen-bond donors (Lipinski definition) is 1. The van der Waals surface area contributed by atoms with Crippen LogP contribution in [0.4, 0.5) is 13.2 Å². The second-order valence-corrected chi connectivity index (χ2v) is 5.49. The molecule has 3 unspecified atom stereocenters. The van der Waals surface area contributed by atoms with Crippen LogP contribution in [0.2, 0.25) is 0 Å². The van der Waals surface area contributed by atoms with Crippen LogP contribution in [0.25, 0.3) is 0 Å². The van der Waals surface area contributed by atoms with Crippen molar-refractivity contribution in [1.29, 1.82) is 0 Å². The lowest BCUT2D eigenvalue weighted by Crippen LogP contribution is -2.31. The summed E-state index contributed by atoms with van der Waals surface area (Å²) in [5.41, 5.74) is 0.527. The molecule has 0 aliphatic heterocycles. The van der Waals surface area contributed by atoms with Gasteiger partial charge in [-0.2, -0.15) is 13.2 Å². The number of alkyl halides is 3. The summed E-state index contributed by atoms with van der Waals surface area (Å²) in [6.45, 7) is 2.58. The molecule has 1 aliphatic rings. The maximum Gasteiger partial charge on any atom is 0.391 e. The van der Waals surface area contributed by atoms with Gasteiger partial charge in [-0.05, 0) is 31.6 Å². The predicted molar refractivity (Wildman–Crippen MR) is 66.8 cm³/mol. The highest BCUT2D eigenvalue weighted by atomic mass is 19.4. The Labute approximate surface area is 116 Å². The van der Waals surface area contributed by atoms with Gasteiger partial charge in [0.25, 0.3) is 0 Å². The van der Waals surface area contributed by atoms with E-state index in [0.717, 1.165) is 6.42 Å². The summed E-state index contributed by atoms with van der Waals surface area (Å²) >= 11 is 0. The number of nitrogens with zero attached hydrogens (tertiary/aromatic N) is 3. The lowest BCUT2D eigenvalue weighted by Gasteiger charge is -2.33. The Morgan fingerprint density at radius 2 is 2.20 bits per heavy atom. The fraction of sp³-hybridized carbons (Fsp3) is 0.846. The van der Waals surface area contributed by atoms with E-state index in [1.807, 2.05) is 6.92 Å². The molecule has 20 heavy (non-hydrogen) atoms. The molecule has 1 N–H and O–H groups in total. The highest BCUT2D eigenvalue weighted by Crippen LogP contribution is 2.43. The Morgan fingerprint density at radius 3 is 2.85 bits per heavy atom. The maximum absolute atomic E-state index is 12.8. The number of halogens is 3. The minimum atomic E-state index is -4.17. The number of rotatable bonds is 4. The summed E-state index contributed by atoms with van der Waals surface area (Å²) in [6, 6.07) is 0. The average Bonchev–Trinajstić information content (AvgIpc) is 2.86. The lowest BCUT2D eigenvalue weighted by atomic mass is 9.77. The third kappa shape index (κ3) is 3.31. The average molecular weight is 291 g/mol. The zero-order valence-corrected chi connectivity index (χ0v) is 11.5. The van der Waals surface area contributed by atoms with Gasteiger partial charge in [-0.3, -0.25) is 0 Å². The summed E-state index contributed by atoms with van der Waals surface area (Å²) in [5, 5.41) is 18.0. The van der Waals surface area contributed by atoms with Crippen LogP contribution in [0, 0.1) is 11.8 Å². The molecule has 2 rings (SSSR count). The van der Waals surface area contributed by atoms with Crippen LogP contribution in [0.3, 0.4) is 0 Å². The molecule has 3 atom stereocenters. The Kier molecular flexibility index (Phi) is 4.67. The first kappa shape index (κ1) is 15.3. The van der Waals surface area contributed by atoms with Crippen LogP contribution in [0.15, 0.2) is 6.20 Å². The van der Waals surface area contributed by atoms with E-state index in [9.17, 15) is 18.3 Å². The van der Waals surface area contributed by atoms with Gasteiger partial charge in [0.15, 0.2) is 0 Å². The van der Waals surface area contributed by atoms with Gasteiger partial charge in [0.1, 0.15) is 6.10 Å². The summed E-state index contributed by atoms with van der Waals surface area (Å²) in [5.74, 6) is -1.67. The standard InChI is InChI=1S/C13H20F3N3O/c1-2-6-19-11(8-17-18-19)12(20)9-4-3-5-10(7-9)13(14,15)16/h8-10,12,20H,2-7H2,1H3. The Hall–Kier alpha value is -1.11. The highest BCUT2D eigenvalue weighted by molar-refractivity contribution is 5.02. The van der Waals surface area contributed by atoms with Gasteiger partial charge in [0.2, 0.25) is 0 Å². The molecule has 1 aliphatic carbocycles. The first-order valence-electron chi connectivity index (χ1n) is 7.06. The first-order valence-corrected chi connectivity index (χ1v) is 7.06. The number of aliphatic hydroxyl groups excluding tert-OH is 1. The van der Waals surface area contributed by atoms with Crippen molar-refractivity contribution < 1.29 is 18.3 Å². The minimum Gasteiger partial charge on any atom is -0.386 e. The van der Waals surface area contributed by atoms with Gasteiger partial charge in [0.05, 0.1) is 17.8 Å². The third-order valence-electron chi connectivity index (χ3n) is 4.01. The van der Waals surface area contributed by atoms with Crippen molar-refractivity contribution in [1.82, 2.24) is 15.0 Å². The summed E-state index contributed by atoms with van der Waals surface area (Å²) < 4.78 is 40.0. The zero-order valence-electron chi connectivity index (χ0n) is 11.5. The Morgan fingerprint density at radius 1 is 1.45 bits per heavy atom. The van der Waals surface area contributed by atoms with Crippen LogP contribution in [-0.2, 0) is 6.54 Å². The van der Waals surface area contributed by atoms with Crippen molar-refractivity contribution in [3.05, 3.63) is 11.9 Å². The number of aliphatic hydroxyl groups is 1. The van der Waals surface area contributed by atoms with E-state index in [4.69, 9.17) is 0 Å². The second kappa shape index (κ2) is 6.11. The van der Waals surface area contributed by atoms with Crippen molar-refractivity contribution in [2.75, 3.05) is 0 Å². The second-order valence-electron chi connectivity index (χ2n) is 5.49. The van der Waals surface area contributed by atoms with Crippen LogP contribution < -0.4 is 0 Å². The van der Waals surface area contributed by atoms with E-state index in [2.05, 4.69) is 10.3 Å². The van der Waals surface area contributed by atoms with E-state index in [-0.39, 0.29) is 18.8 Å². The summed E-state index contributed by atoms with van der Waals surface area (Å²) in [7, 11) is 0. The SMILES string of the molecule is CCCn1nncc1C(O)C1CCCC(C(F)(F)F)C1.